The molecule has 1 unspecified atom stereocenters. The first-order chi connectivity index (χ1) is 12.2. The minimum Gasteiger partial charge on any atom is -0.379 e. The predicted octanol–water partition coefficient (Wildman–Crippen LogP) is 1.89. The molecular weight excluding hydrogens is 318 g/mol. The number of nitrogens with zero attached hydrogens (tertiary/aromatic N) is 5. The average molecular weight is 339 g/mol. The zero-order valence-electron chi connectivity index (χ0n) is 14.3. The third-order valence-corrected chi connectivity index (χ3v) is 4.59. The lowest BCUT2D eigenvalue weighted by Gasteiger charge is -2.11. The molecule has 3 aromatic rings. The SMILES string of the molecule is Cc1nc(CCCn2cnc3ccccc3c2=O)n(C2CCOC2)n1. The predicted molar refractivity (Wildman–Crippen MR) is 93.6 cm³/mol. The molecule has 1 fully saturated rings. The van der Waals surface area contributed by atoms with Crippen LogP contribution in [0, 0.1) is 6.92 Å². The number of aryl methyl sites for hydroxylation is 3. The Morgan fingerprint density at radius 3 is 3.04 bits per heavy atom. The minimum absolute atomic E-state index is 0.00689. The summed E-state index contributed by atoms with van der Waals surface area (Å²) in [5, 5.41) is 5.18. The quantitative estimate of drug-likeness (QED) is 0.710. The maximum absolute atomic E-state index is 12.5. The molecule has 7 heteroatoms. The van der Waals surface area contributed by atoms with E-state index < -0.39 is 0 Å². The molecule has 0 spiro atoms. The number of hydrogen-bond donors (Lipinski definition) is 0. The second kappa shape index (κ2) is 6.76. The van der Waals surface area contributed by atoms with Gasteiger partial charge in [0.15, 0.2) is 0 Å². The first-order valence-electron chi connectivity index (χ1n) is 8.66. The molecule has 25 heavy (non-hydrogen) atoms. The molecule has 130 valence electrons. The molecule has 1 saturated heterocycles. The molecule has 7 nitrogen and oxygen atoms in total. The molecule has 0 amide bonds. The van der Waals surface area contributed by atoms with E-state index >= 15 is 0 Å². The molecule has 1 aromatic carbocycles. The number of benzene rings is 1. The summed E-state index contributed by atoms with van der Waals surface area (Å²) in [5.41, 5.74) is 0.743. The topological polar surface area (TPSA) is 74.8 Å². The Kier molecular flexibility index (Phi) is 4.31. The van der Waals surface area contributed by atoms with Gasteiger partial charge in [0.2, 0.25) is 0 Å². The van der Waals surface area contributed by atoms with Gasteiger partial charge >= 0.3 is 0 Å². The molecule has 0 aliphatic carbocycles. The number of para-hydroxylation sites is 1. The van der Waals surface area contributed by atoms with Crippen molar-refractivity contribution in [2.24, 2.45) is 0 Å². The van der Waals surface area contributed by atoms with E-state index in [1.165, 1.54) is 0 Å². The highest BCUT2D eigenvalue weighted by molar-refractivity contribution is 5.76. The van der Waals surface area contributed by atoms with Crippen LogP contribution in [0.3, 0.4) is 0 Å². The third kappa shape index (κ3) is 3.19. The fourth-order valence-corrected chi connectivity index (χ4v) is 3.32. The van der Waals surface area contributed by atoms with Crippen LogP contribution in [0.1, 0.15) is 30.5 Å². The lowest BCUT2D eigenvalue weighted by atomic mass is 10.2. The van der Waals surface area contributed by atoms with Crippen molar-refractivity contribution < 1.29 is 4.74 Å². The standard InChI is InChI=1S/C18H21N5O2/c1-13-20-17(23(21-13)14-8-10-25-11-14)7-4-9-22-12-19-16-6-3-2-5-15(16)18(22)24/h2-3,5-6,12,14H,4,7-11H2,1H3. The van der Waals surface area contributed by atoms with Crippen molar-refractivity contribution in [1.82, 2.24) is 24.3 Å². The molecule has 1 atom stereocenters. The maximum atomic E-state index is 12.5. The number of hydrogen-bond acceptors (Lipinski definition) is 5. The number of rotatable bonds is 5. The van der Waals surface area contributed by atoms with Crippen LogP contribution in [0.4, 0.5) is 0 Å². The highest BCUT2D eigenvalue weighted by atomic mass is 16.5. The number of fused-ring (bicyclic) bond motifs is 1. The van der Waals surface area contributed by atoms with Gasteiger partial charge < -0.3 is 4.74 Å². The van der Waals surface area contributed by atoms with Gasteiger partial charge in [0, 0.05) is 19.6 Å². The Hall–Kier alpha value is -2.54. The molecular formula is C18H21N5O2. The van der Waals surface area contributed by atoms with Crippen molar-refractivity contribution in [3.05, 3.63) is 52.6 Å². The molecule has 0 bridgehead atoms. The van der Waals surface area contributed by atoms with Crippen LogP contribution in [-0.4, -0.2) is 37.5 Å². The molecule has 2 aromatic heterocycles. The Morgan fingerprint density at radius 1 is 1.32 bits per heavy atom. The first-order valence-corrected chi connectivity index (χ1v) is 8.66. The Bertz CT molecular complexity index is 940. The summed E-state index contributed by atoms with van der Waals surface area (Å²) >= 11 is 0. The van der Waals surface area contributed by atoms with Crippen LogP contribution < -0.4 is 5.56 Å². The van der Waals surface area contributed by atoms with Crippen LogP contribution in [0.25, 0.3) is 10.9 Å². The summed E-state index contributed by atoms with van der Waals surface area (Å²) in [4.78, 5) is 21.4. The fraction of sp³-hybridized carbons (Fsp3) is 0.444. The smallest absolute Gasteiger partial charge is 0.261 e. The second-order valence-corrected chi connectivity index (χ2v) is 6.40. The summed E-state index contributed by atoms with van der Waals surface area (Å²) in [6, 6.07) is 7.71. The van der Waals surface area contributed by atoms with E-state index in [0.29, 0.717) is 18.5 Å². The summed E-state index contributed by atoms with van der Waals surface area (Å²) in [7, 11) is 0. The van der Waals surface area contributed by atoms with Crippen molar-refractivity contribution in [3.8, 4) is 0 Å². The summed E-state index contributed by atoms with van der Waals surface area (Å²) < 4.78 is 9.14. The van der Waals surface area contributed by atoms with Gasteiger partial charge in [-0.2, -0.15) is 5.10 Å². The van der Waals surface area contributed by atoms with Gasteiger partial charge in [-0.15, -0.1) is 0 Å². The van der Waals surface area contributed by atoms with Gasteiger partial charge in [-0.05, 0) is 31.9 Å². The molecule has 0 saturated carbocycles. The molecule has 1 aliphatic heterocycles. The maximum Gasteiger partial charge on any atom is 0.261 e. The van der Waals surface area contributed by atoms with Crippen LogP contribution in [0.15, 0.2) is 35.4 Å². The van der Waals surface area contributed by atoms with Crippen molar-refractivity contribution in [2.75, 3.05) is 13.2 Å². The summed E-state index contributed by atoms with van der Waals surface area (Å²) in [6.45, 7) is 4.00. The largest absolute Gasteiger partial charge is 0.379 e. The number of aromatic nitrogens is 5. The fourth-order valence-electron chi connectivity index (χ4n) is 3.32. The van der Waals surface area contributed by atoms with Gasteiger partial charge in [-0.25, -0.2) is 14.6 Å². The monoisotopic (exact) mass is 339 g/mol. The van der Waals surface area contributed by atoms with Crippen LogP contribution in [0.2, 0.25) is 0 Å². The molecule has 0 N–H and O–H groups in total. The summed E-state index contributed by atoms with van der Waals surface area (Å²) in [5.74, 6) is 1.75. The van der Waals surface area contributed by atoms with Crippen LogP contribution in [-0.2, 0) is 17.7 Å². The summed E-state index contributed by atoms with van der Waals surface area (Å²) in [6.07, 6.45) is 4.19. The van der Waals surface area contributed by atoms with E-state index in [-0.39, 0.29) is 11.6 Å². The Morgan fingerprint density at radius 2 is 2.20 bits per heavy atom. The third-order valence-electron chi connectivity index (χ3n) is 4.59. The van der Waals surface area contributed by atoms with E-state index in [4.69, 9.17) is 4.74 Å². The molecule has 3 heterocycles. The Balaban J connectivity index is 1.48. The van der Waals surface area contributed by atoms with Gasteiger partial charge in [-0.3, -0.25) is 9.36 Å². The highest BCUT2D eigenvalue weighted by Gasteiger charge is 2.22. The van der Waals surface area contributed by atoms with Crippen molar-refractivity contribution >= 4 is 10.9 Å². The average Bonchev–Trinajstić information content (AvgIpc) is 3.26. The van der Waals surface area contributed by atoms with E-state index in [9.17, 15) is 4.79 Å². The van der Waals surface area contributed by atoms with Crippen LogP contribution in [0.5, 0.6) is 0 Å². The molecule has 4 rings (SSSR count). The second-order valence-electron chi connectivity index (χ2n) is 6.40. The van der Waals surface area contributed by atoms with Crippen molar-refractivity contribution in [2.45, 2.75) is 38.8 Å². The lowest BCUT2D eigenvalue weighted by molar-refractivity contribution is 0.183. The highest BCUT2D eigenvalue weighted by Crippen LogP contribution is 2.20. The van der Waals surface area contributed by atoms with E-state index in [1.807, 2.05) is 35.9 Å². The van der Waals surface area contributed by atoms with Gasteiger partial charge in [-0.1, -0.05) is 12.1 Å². The zero-order chi connectivity index (χ0) is 17.2. The van der Waals surface area contributed by atoms with Crippen molar-refractivity contribution in [1.29, 1.82) is 0 Å². The van der Waals surface area contributed by atoms with E-state index in [2.05, 4.69) is 15.1 Å². The zero-order valence-corrected chi connectivity index (χ0v) is 14.3. The van der Waals surface area contributed by atoms with Crippen LogP contribution >= 0.6 is 0 Å². The molecule has 0 radical (unpaired) electrons. The Labute approximate surface area is 145 Å². The minimum atomic E-state index is 0.00689. The molecule has 1 aliphatic rings. The normalized spacial score (nSPS) is 17.4. The number of ether oxygens (including phenoxy) is 1. The van der Waals surface area contributed by atoms with Gasteiger partial charge in [0.25, 0.3) is 5.56 Å². The van der Waals surface area contributed by atoms with Crippen molar-refractivity contribution in [3.63, 3.8) is 0 Å². The lowest BCUT2D eigenvalue weighted by Crippen LogP contribution is -2.21. The van der Waals surface area contributed by atoms with Gasteiger partial charge in [0.1, 0.15) is 11.6 Å². The first kappa shape index (κ1) is 16.0. The van der Waals surface area contributed by atoms with E-state index in [1.54, 1.807) is 10.9 Å². The van der Waals surface area contributed by atoms with E-state index in [0.717, 1.165) is 43.0 Å². The van der Waals surface area contributed by atoms with Gasteiger partial charge in [0.05, 0.1) is 29.9 Å².